The average Bonchev–Trinajstić information content (AvgIpc) is 3.63. The van der Waals surface area contributed by atoms with E-state index in [1.807, 2.05) is 34.0 Å². The minimum atomic E-state index is -1.33. The van der Waals surface area contributed by atoms with Crippen molar-refractivity contribution in [1.82, 2.24) is 4.39 Å². The zero-order valence-electron chi connectivity index (χ0n) is 18.6. The first-order chi connectivity index (χ1) is 16.2. The van der Waals surface area contributed by atoms with Crippen LogP contribution in [0.3, 0.4) is 0 Å². The molecule has 0 fully saturated rings. The molecule has 4 heterocycles. The Morgan fingerprint density at radius 1 is 0.606 bits per heavy atom. The summed E-state index contributed by atoms with van der Waals surface area (Å²) in [6.07, 6.45) is -1.33. The minimum Gasteiger partial charge on any atom is -0.473 e. The SMILES string of the molecule is C[N+]1(C)c2ccccc2C(c2ccccc2)=C(c2cccs2)[B-]1(c1cccs1)c1cccs1. The summed E-state index contributed by atoms with van der Waals surface area (Å²) in [5.74, 6) is 0. The van der Waals surface area contributed by atoms with Crippen molar-refractivity contribution in [2.75, 3.05) is 14.1 Å². The predicted octanol–water partition coefficient (Wildman–Crippen LogP) is 6.71. The Bertz CT molecular complexity index is 1380. The van der Waals surface area contributed by atoms with Gasteiger partial charge >= 0.3 is 6.28 Å². The normalized spacial score (nSPS) is 16.5. The van der Waals surface area contributed by atoms with Crippen molar-refractivity contribution in [3.05, 3.63) is 123 Å². The molecule has 0 atom stereocenters. The van der Waals surface area contributed by atoms with Crippen molar-refractivity contribution >= 4 is 66.6 Å². The molecule has 2 aromatic carbocycles. The Balaban J connectivity index is 1.89. The summed E-state index contributed by atoms with van der Waals surface area (Å²) >= 11 is 5.64. The van der Waals surface area contributed by atoms with Crippen LogP contribution in [0.5, 0.6) is 0 Å². The molecule has 6 rings (SSSR count). The van der Waals surface area contributed by atoms with Crippen LogP contribution in [-0.4, -0.2) is 20.4 Å². The molecule has 162 valence electrons. The molecule has 3 aromatic heterocycles. The van der Waals surface area contributed by atoms with Crippen LogP contribution in [0.2, 0.25) is 0 Å². The lowest BCUT2D eigenvalue weighted by Crippen LogP contribution is -2.79. The van der Waals surface area contributed by atoms with Gasteiger partial charge in [0.2, 0.25) is 0 Å². The number of thiophene rings is 3. The van der Waals surface area contributed by atoms with E-state index in [9.17, 15) is 0 Å². The molecule has 5 heteroatoms. The predicted molar refractivity (Wildman–Crippen MR) is 150 cm³/mol. The molecule has 0 N–H and O–H groups in total. The van der Waals surface area contributed by atoms with Gasteiger partial charge in [-0.1, -0.05) is 82.3 Å². The Morgan fingerprint density at radius 3 is 1.82 bits per heavy atom. The Morgan fingerprint density at radius 2 is 1.21 bits per heavy atom. The summed E-state index contributed by atoms with van der Waals surface area (Å²) in [4.78, 5) is 1.36. The number of benzene rings is 2. The molecule has 0 spiro atoms. The number of quaternary nitrogens is 1. The standard InChI is InChI=1S/C28H24BNS3/c1-30(2)23-14-7-6-13-22(23)27(21-11-4-3-5-12-21)28(24-15-8-18-31-24)29(30,25-16-9-19-32-25)26-17-10-20-33-26/h3-20H,1-2H3. The van der Waals surface area contributed by atoms with Gasteiger partial charge in [-0.05, 0) is 50.4 Å². The first kappa shape index (κ1) is 20.9. The van der Waals surface area contributed by atoms with Crippen LogP contribution in [0.4, 0.5) is 5.69 Å². The van der Waals surface area contributed by atoms with Crippen LogP contribution in [0, 0.1) is 0 Å². The third kappa shape index (κ3) is 2.93. The van der Waals surface area contributed by atoms with Crippen LogP contribution in [0.1, 0.15) is 16.0 Å². The summed E-state index contributed by atoms with van der Waals surface area (Å²) in [5, 5.41) is 6.69. The van der Waals surface area contributed by atoms with Crippen molar-refractivity contribution in [3.63, 3.8) is 0 Å². The van der Waals surface area contributed by atoms with E-state index in [2.05, 4.69) is 121 Å². The van der Waals surface area contributed by atoms with Gasteiger partial charge in [0.25, 0.3) is 0 Å². The molecule has 0 saturated carbocycles. The molecule has 1 aliphatic heterocycles. The number of hydrogen-bond acceptors (Lipinski definition) is 3. The van der Waals surface area contributed by atoms with Crippen LogP contribution in [0.15, 0.2) is 107 Å². The van der Waals surface area contributed by atoms with Gasteiger partial charge < -0.3 is 4.39 Å². The lowest BCUT2D eigenvalue weighted by atomic mass is 9.24. The monoisotopic (exact) mass is 481 g/mol. The minimum absolute atomic E-state index is 0.792. The molecule has 0 aliphatic carbocycles. The fraction of sp³-hybridized carbons (Fsp3) is 0.0714. The van der Waals surface area contributed by atoms with E-state index in [-0.39, 0.29) is 0 Å². The molecule has 0 saturated heterocycles. The lowest BCUT2D eigenvalue weighted by Gasteiger charge is -2.59. The van der Waals surface area contributed by atoms with Crippen LogP contribution in [-0.2, 0) is 0 Å². The highest BCUT2D eigenvalue weighted by Crippen LogP contribution is 2.51. The van der Waals surface area contributed by atoms with Gasteiger partial charge in [-0.15, -0.1) is 16.8 Å². The Kier molecular flexibility index (Phi) is 5.04. The van der Waals surface area contributed by atoms with Crippen LogP contribution in [0.25, 0.3) is 11.0 Å². The van der Waals surface area contributed by atoms with Gasteiger partial charge in [0, 0.05) is 19.7 Å². The van der Waals surface area contributed by atoms with Gasteiger partial charge in [0.1, 0.15) is 0 Å². The molecule has 0 bridgehead atoms. The highest BCUT2D eigenvalue weighted by atomic mass is 32.1. The largest absolute Gasteiger partial charge is 0.473 e. The fourth-order valence-corrected chi connectivity index (χ4v) is 9.16. The maximum atomic E-state index is 2.41. The first-order valence-corrected chi connectivity index (χ1v) is 13.8. The number of para-hydroxylation sites is 1. The quantitative estimate of drug-likeness (QED) is 0.250. The van der Waals surface area contributed by atoms with E-state index in [0.717, 1.165) is 4.39 Å². The second-order valence-corrected chi connectivity index (χ2v) is 11.9. The molecular weight excluding hydrogens is 457 g/mol. The third-order valence-electron chi connectivity index (χ3n) is 7.21. The second kappa shape index (κ2) is 7.96. The van der Waals surface area contributed by atoms with E-state index < -0.39 is 6.28 Å². The smallest absolute Gasteiger partial charge is 0.316 e. The topological polar surface area (TPSA) is 0 Å². The van der Waals surface area contributed by atoms with Crippen molar-refractivity contribution in [1.29, 1.82) is 0 Å². The van der Waals surface area contributed by atoms with Gasteiger partial charge in [0.05, 0.1) is 5.69 Å². The summed E-state index contributed by atoms with van der Waals surface area (Å²) in [6, 6.07) is 33.7. The summed E-state index contributed by atoms with van der Waals surface area (Å²) in [5.41, 5.74) is 6.83. The number of rotatable bonds is 4. The average molecular weight is 482 g/mol. The molecule has 33 heavy (non-hydrogen) atoms. The first-order valence-electron chi connectivity index (χ1n) is 11.2. The van der Waals surface area contributed by atoms with Crippen molar-refractivity contribution < 1.29 is 0 Å². The summed E-state index contributed by atoms with van der Waals surface area (Å²) in [6.45, 7) is 0. The summed E-state index contributed by atoms with van der Waals surface area (Å²) in [7, 11) is 4.82. The molecule has 1 nitrogen and oxygen atoms in total. The zero-order valence-corrected chi connectivity index (χ0v) is 21.1. The lowest BCUT2D eigenvalue weighted by molar-refractivity contribution is 0.612. The van der Waals surface area contributed by atoms with Gasteiger partial charge in [0.15, 0.2) is 0 Å². The van der Waals surface area contributed by atoms with Gasteiger partial charge in [-0.3, -0.25) is 0 Å². The van der Waals surface area contributed by atoms with E-state index >= 15 is 0 Å². The van der Waals surface area contributed by atoms with Crippen molar-refractivity contribution in [2.45, 2.75) is 0 Å². The van der Waals surface area contributed by atoms with Gasteiger partial charge in [-0.25, -0.2) is 0 Å². The van der Waals surface area contributed by atoms with E-state index in [4.69, 9.17) is 0 Å². The maximum absolute atomic E-state index is 2.41. The molecular formula is C28H24BNS3. The van der Waals surface area contributed by atoms with Crippen LogP contribution < -0.4 is 13.9 Å². The second-order valence-electron chi connectivity index (χ2n) is 9.04. The molecule has 1 aliphatic rings. The number of nitrogens with zero attached hydrogens (tertiary/aromatic N) is 1. The fourth-order valence-electron chi connectivity index (χ4n) is 5.87. The number of fused-ring (bicyclic) bond motifs is 1. The van der Waals surface area contributed by atoms with E-state index in [1.54, 1.807) is 0 Å². The van der Waals surface area contributed by atoms with Crippen LogP contribution >= 0.6 is 34.0 Å². The molecule has 5 aromatic rings. The number of hydrogen-bond donors (Lipinski definition) is 0. The zero-order chi connectivity index (χ0) is 22.5. The van der Waals surface area contributed by atoms with Crippen molar-refractivity contribution in [2.24, 2.45) is 0 Å². The molecule has 0 amide bonds. The highest BCUT2D eigenvalue weighted by Gasteiger charge is 2.55. The van der Waals surface area contributed by atoms with Crippen molar-refractivity contribution in [3.8, 4) is 0 Å². The molecule has 0 radical (unpaired) electrons. The maximum Gasteiger partial charge on any atom is 0.316 e. The van der Waals surface area contributed by atoms with E-state index in [0.29, 0.717) is 0 Å². The van der Waals surface area contributed by atoms with E-state index in [1.165, 1.54) is 42.3 Å². The Hall–Kier alpha value is -2.70. The summed E-state index contributed by atoms with van der Waals surface area (Å²) < 4.78 is 3.67. The Labute approximate surface area is 207 Å². The third-order valence-corrected chi connectivity index (χ3v) is 10.2. The van der Waals surface area contributed by atoms with Gasteiger partial charge in [-0.2, -0.15) is 22.7 Å². The highest BCUT2D eigenvalue weighted by molar-refractivity contribution is 7.41. The molecule has 0 unspecified atom stereocenters.